The molecular weight excluding hydrogens is 381 g/mol. The van der Waals surface area contributed by atoms with Crippen LogP contribution in [0, 0.1) is 0 Å². The van der Waals surface area contributed by atoms with Gasteiger partial charge in [-0.1, -0.05) is 71.1 Å². The highest BCUT2D eigenvalue weighted by atomic mass is 127. The van der Waals surface area contributed by atoms with Crippen LogP contribution in [0.2, 0.25) is 0 Å². The molecule has 1 nitrogen and oxygen atoms in total. The van der Waals surface area contributed by atoms with Crippen LogP contribution in [0.4, 0.5) is 0 Å². The van der Waals surface area contributed by atoms with Crippen molar-refractivity contribution in [3.8, 4) is 0 Å². The monoisotopic (exact) mass is 425 g/mol. The number of hydrogen-bond acceptors (Lipinski definition) is 0. The lowest BCUT2D eigenvalue weighted by atomic mass is 10.1. The first-order valence-corrected chi connectivity index (χ1v) is 10.1. The first-order valence-electron chi connectivity index (χ1n) is 10.1. The zero-order valence-electron chi connectivity index (χ0n) is 16.1. The van der Waals surface area contributed by atoms with Crippen molar-refractivity contribution in [2.24, 2.45) is 0 Å². The van der Waals surface area contributed by atoms with E-state index in [1.54, 1.807) is 0 Å². The van der Waals surface area contributed by atoms with Crippen LogP contribution in [0.5, 0.6) is 0 Å². The van der Waals surface area contributed by atoms with Gasteiger partial charge in [0.1, 0.15) is 0 Å². The van der Waals surface area contributed by atoms with Gasteiger partial charge in [0.05, 0.1) is 26.2 Å². The topological polar surface area (TPSA) is 0 Å². The van der Waals surface area contributed by atoms with Crippen molar-refractivity contribution in [1.29, 1.82) is 0 Å². The van der Waals surface area contributed by atoms with E-state index in [4.69, 9.17) is 0 Å². The van der Waals surface area contributed by atoms with E-state index in [2.05, 4.69) is 27.7 Å². The van der Waals surface area contributed by atoms with Crippen LogP contribution >= 0.6 is 0 Å². The third-order valence-electron chi connectivity index (χ3n) is 5.50. The summed E-state index contributed by atoms with van der Waals surface area (Å²) in [6.45, 7) is 14.7. The Balaban J connectivity index is 0. The second-order valence-corrected chi connectivity index (χ2v) is 6.90. The van der Waals surface area contributed by atoms with E-state index >= 15 is 0 Å². The van der Waals surface area contributed by atoms with Gasteiger partial charge in [0, 0.05) is 0 Å². The second-order valence-electron chi connectivity index (χ2n) is 6.90. The molecule has 0 atom stereocenters. The maximum Gasteiger partial charge on any atom is 0.0786 e. The van der Waals surface area contributed by atoms with E-state index in [0.717, 1.165) is 0 Å². The lowest BCUT2D eigenvalue weighted by Gasteiger charge is -2.35. The Bertz CT molecular complexity index is 194. The van der Waals surface area contributed by atoms with Crippen LogP contribution in [0.3, 0.4) is 0 Å². The summed E-state index contributed by atoms with van der Waals surface area (Å²) in [5.41, 5.74) is 0. The molecule has 0 fully saturated rings. The third kappa shape index (κ3) is 13.2. The summed E-state index contributed by atoms with van der Waals surface area (Å²) in [6, 6.07) is 0. The highest BCUT2D eigenvalue weighted by Gasteiger charge is 2.19. The van der Waals surface area contributed by atoms with Crippen LogP contribution in [-0.2, 0) is 0 Å². The van der Waals surface area contributed by atoms with Gasteiger partial charge in [-0.25, -0.2) is 0 Å². The van der Waals surface area contributed by atoms with Gasteiger partial charge >= 0.3 is 0 Å². The Morgan fingerprint density at radius 2 is 0.773 bits per heavy atom. The largest absolute Gasteiger partial charge is 1.00 e. The number of nitrogens with zero attached hydrogens (tertiary/aromatic N) is 1. The van der Waals surface area contributed by atoms with E-state index < -0.39 is 0 Å². The van der Waals surface area contributed by atoms with Gasteiger partial charge in [0.2, 0.25) is 0 Å². The number of halogens is 1. The Labute approximate surface area is 159 Å². The fourth-order valence-corrected chi connectivity index (χ4v) is 3.43. The molecule has 0 aromatic heterocycles. The minimum Gasteiger partial charge on any atom is -1.00 e. The first kappa shape index (κ1) is 24.9. The predicted octanol–water partition coefficient (Wildman–Crippen LogP) is 3.57. The Hall–Kier alpha value is 0.690. The van der Waals surface area contributed by atoms with Crippen molar-refractivity contribution in [1.82, 2.24) is 0 Å². The summed E-state index contributed by atoms with van der Waals surface area (Å²) < 4.78 is 1.33. The van der Waals surface area contributed by atoms with Crippen molar-refractivity contribution in [2.45, 2.75) is 105 Å². The van der Waals surface area contributed by atoms with Crippen LogP contribution in [0.1, 0.15) is 105 Å². The standard InChI is InChI=1S/C20H44N.HI/c1-5-9-10-11-12-13-14-15-16-17-18-19-20-21(6-2,7-3)8-4;/h5-20H2,1-4H3;1H/q+1;/p-1. The highest BCUT2D eigenvalue weighted by Crippen LogP contribution is 2.14. The maximum absolute atomic E-state index is 2.35. The minimum atomic E-state index is 0. The van der Waals surface area contributed by atoms with Crippen molar-refractivity contribution in [3.05, 3.63) is 0 Å². The predicted molar refractivity (Wildman–Crippen MR) is 97.8 cm³/mol. The minimum absolute atomic E-state index is 0. The summed E-state index contributed by atoms with van der Waals surface area (Å²) in [4.78, 5) is 0. The van der Waals surface area contributed by atoms with Crippen LogP contribution in [-0.4, -0.2) is 30.7 Å². The van der Waals surface area contributed by atoms with Gasteiger partial charge in [-0.05, 0) is 33.6 Å². The molecule has 0 saturated heterocycles. The maximum atomic E-state index is 2.35. The molecule has 0 heterocycles. The molecule has 0 N–H and O–H groups in total. The molecule has 22 heavy (non-hydrogen) atoms. The van der Waals surface area contributed by atoms with Crippen molar-refractivity contribution in [3.63, 3.8) is 0 Å². The van der Waals surface area contributed by atoms with Crippen LogP contribution in [0.15, 0.2) is 0 Å². The van der Waals surface area contributed by atoms with Gasteiger partial charge in [-0.2, -0.15) is 0 Å². The van der Waals surface area contributed by atoms with Crippen molar-refractivity contribution < 1.29 is 28.5 Å². The van der Waals surface area contributed by atoms with Crippen molar-refractivity contribution in [2.75, 3.05) is 26.2 Å². The van der Waals surface area contributed by atoms with Gasteiger partial charge in [-0.15, -0.1) is 0 Å². The fraction of sp³-hybridized carbons (Fsp3) is 1.00. The van der Waals surface area contributed by atoms with E-state index in [-0.39, 0.29) is 24.0 Å². The molecule has 0 saturated carbocycles. The molecule has 0 unspecified atom stereocenters. The molecule has 0 bridgehead atoms. The summed E-state index contributed by atoms with van der Waals surface area (Å²) in [6.07, 6.45) is 17.5. The van der Waals surface area contributed by atoms with Crippen LogP contribution < -0.4 is 24.0 Å². The van der Waals surface area contributed by atoms with Gasteiger partial charge < -0.3 is 28.5 Å². The van der Waals surface area contributed by atoms with E-state index in [1.165, 1.54) is 108 Å². The number of rotatable bonds is 16. The average molecular weight is 425 g/mol. The van der Waals surface area contributed by atoms with E-state index in [9.17, 15) is 0 Å². The molecule has 136 valence electrons. The number of unbranched alkanes of at least 4 members (excludes halogenated alkanes) is 11. The smallest absolute Gasteiger partial charge is 0.0786 e. The zero-order chi connectivity index (χ0) is 15.8. The Morgan fingerprint density at radius 3 is 1.09 bits per heavy atom. The second kappa shape index (κ2) is 18.0. The summed E-state index contributed by atoms with van der Waals surface area (Å²) >= 11 is 0. The highest BCUT2D eigenvalue weighted by molar-refractivity contribution is 4.49. The lowest BCUT2D eigenvalue weighted by molar-refractivity contribution is -0.923. The van der Waals surface area contributed by atoms with Gasteiger partial charge in [0.15, 0.2) is 0 Å². The third-order valence-corrected chi connectivity index (χ3v) is 5.50. The molecule has 0 amide bonds. The molecular formula is C20H44IN. The molecule has 0 aliphatic rings. The zero-order valence-corrected chi connectivity index (χ0v) is 18.3. The Morgan fingerprint density at radius 1 is 0.455 bits per heavy atom. The summed E-state index contributed by atoms with van der Waals surface area (Å²) in [7, 11) is 0. The quantitative estimate of drug-likeness (QED) is 0.202. The molecule has 0 aromatic carbocycles. The molecule has 0 aromatic rings. The van der Waals surface area contributed by atoms with E-state index in [0.29, 0.717) is 0 Å². The first-order chi connectivity index (χ1) is 10.2. The van der Waals surface area contributed by atoms with Gasteiger partial charge in [0.25, 0.3) is 0 Å². The van der Waals surface area contributed by atoms with Crippen molar-refractivity contribution >= 4 is 0 Å². The molecule has 0 rings (SSSR count). The SMILES string of the molecule is CCCCCCCCCCCCCC[N+](CC)(CC)CC.[I-]. The molecule has 2 heteroatoms. The lowest BCUT2D eigenvalue weighted by Crippen LogP contribution is -3.00. The molecule has 0 aliphatic heterocycles. The fourth-order valence-electron chi connectivity index (χ4n) is 3.43. The summed E-state index contributed by atoms with van der Waals surface area (Å²) in [5, 5.41) is 0. The van der Waals surface area contributed by atoms with Gasteiger partial charge in [-0.3, -0.25) is 0 Å². The van der Waals surface area contributed by atoms with Crippen LogP contribution in [0.25, 0.3) is 0 Å². The summed E-state index contributed by atoms with van der Waals surface area (Å²) in [5.74, 6) is 0. The molecule has 0 radical (unpaired) electrons. The number of hydrogen-bond donors (Lipinski definition) is 0. The molecule has 0 spiro atoms. The normalized spacial score (nSPS) is 11.5. The number of quaternary nitrogens is 1. The average Bonchev–Trinajstić information content (AvgIpc) is 2.53. The Kier molecular flexibility index (Phi) is 20.4. The molecule has 0 aliphatic carbocycles. The van der Waals surface area contributed by atoms with E-state index in [1.807, 2.05) is 0 Å².